The Morgan fingerprint density at radius 2 is 1.58 bits per heavy atom. The van der Waals surface area contributed by atoms with Crippen LogP contribution in [0.5, 0.6) is 11.5 Å². The summed E-state index contributed by atoms with van der Waals surface area (Å²) in [5.41, 5.74) is 0.774. The molecule has 2 fully saturated rings. The van der Waals surface area contributed by atoms with Crippen molar-refractivity contribution >= 4 is 5.91 Å². The summed E-state index contributed by atoms with van der Waals surface area (Å²) >= 11 is 0. The Hall–Kier alpha value is -2.53. The van der Waals surface area contributed by atoms with Crippen LogP contribution in [-0.2, 0) is 16.8 Å². The summed E-state index contributed by atoms with van der Waals surface area (Å²) in [6.07, 6.45) is 1.87. The van der Waals surface area contributed by atoms with Crippen LogP contribution >= 0.6 is 0 Å². The predicted molar refractivity (Wildman–Crippen MR) is 120 cm³/mol. The number of rotatable bonds is 5. The highest BCUT2D eigenvalue weighted by Crippen LogP contribution is 2.56. The molecule has 4 rings (SSSR count). The number of carbonyl (C=O) groups is 1. The van der Waals surface area contributed by atoms with E-state index in [1.807, 2.05) is 53.4 Å². The Balaban J connectivity index is 1.62. The van der Waals surface area contributed by atoms with Crippen LogP contribution in [0.1, 0.15) is 37.8 Å². The van der Waals surface area contributed by atoms with E-state index in [0.29, 0.717) is 31.7 Å². The van der Waals surface area contributed by atoms with Crippen LogP contribution < -0.4 is 9.47 Å². The summed E-state index contributed by atoms with van der Waals surface area (Å²) < 4.78 is 11.0. The molecule has 0 bridgehead atoms. The van der Waals surface area contributed by atoms with Crippen molar-refractivity contribution in [2.24, 2.45) is 17.3 Å². The Morgan fingerprint density at radius 3 is 2.29 bits per heavy atom. The van der Waals surface area contributed by atoms with E-state index in [0.717, 1.165) is 23.3 Å². The average Bonchev–Trinajstić information content (AvgIpc) is 3.25. The number of nitrogens with zero attached hydrogens (tertiary/aromatic N) is 1. The van der Waals surface area contributed by atoms with Gasteiger partial charge in [0.05, 0.1) is 26.2 Å². The minimum Gasteiger partial charge on any atom is -0.496 e. The number of ether oxygens (including phenoxy) is 2. The van der Waals surface area contributed by atoms with Crippen LogP contribution in [-0.4, -0.2) is 43.2 Å². The van der Waals surface area contributed by atoms with Crippen LogP contribution in [0.25, 0.3) is 0 Å². The Kier molecular flexibility index (Phi) is 5.73. The molecule has 2 aromatic rings. The zero-order chi connectivity index (χ0) is 22.2. The lowest BCUT2D eigenvalue weighted by atomic mass is 9.57. The predicted octanol–water partition coefficient (Wildman–Crippen LogP) is 4.03. The van der Waals surface area contributed by atoms with Gasteiger partial charge >= 0.3 is 0 Å². The van der Waals surface area contributed by atoms with E-state index in [1.54, 1.807) is 14.2 Å². The van der Waals surface area contributed by atoms with Crippen LogP contribution in [0.15, 0.2) is 48.5 Å². The van der Waals surface area contributed by atoms with Crippen molar-refractivity contribution in [2.75, 3.05) is 27.3 Å². The van der Waals surface area contributed by atoms with Gasteiger partial charge in [-0.3, -0.25) is 4.79 Å². The zero-order valence-electron chi connectivity index (χ0n) is 18.9. The molecule has 0 aromatic heterocycles. The second-order valence-corrected chi connectivity index (χ2v) is 9.61. The van der Waals surface area contributed by atoms with Gasteiger partial charge in [-0.2, -0.15) is 0 Å². The fourth-order valence-electron chi connectivity index (χ4n) is 5.63. The first-order chi connectivity index (χ1) is 14.8. The van der Waals surface area contributed by atoms with Crippen LogP contribution in [0.2, 0.25) is 0 Å². The van der Waals surface area contributed by atoms with Crippen molar-refractivity contribution in [2.45, 2.75) is 38.7 Å². The van der Waals surface area contributed by atoms with E-state index < -0.39 is 5.60 Å². The molecule has 1 amide bonds. The number of amides is 1. The lowest BCUT2D eigenvalue weighted by Crippen LogP contribution is -2.49. The third kappa shape index (κ3) is 3.80. The van der Waals surface area contributed by atoms with Crippen molar-refractivity contribution in [3.8, 4) is 11.5 Å². The highest BCUT2D eigenvalue weighted by atomic mass is 16.5. The Labute approximate surface area is 185 Å². The second-order valence-electron chi connectivity index (χ2n) is 9.61. The summed E-state index contributed by atoms with van der Waals surface area (Å²) in [6.45, 7) is 5.75. The van der Waals surface area contributed by atoms with Gasteiger partial charge in [-0.1, -0.05) is 50.2 Å². The van der Waals surface area contributed by atoms with E-state index in [2.05, 4.69) is 13.8 Å². The maximum Gasteiger partial charge on any atom is 0.227 e. The largest absolute Gasteiger partial charge is 0.496 e. The van der Waals surface area contributed by atoms with Gasteiger partial charge in [-0.25, -0.2) is 0 Å². The Morgan fingerprint density at radius 1 is 0.968 bits per heavy atom. The molecule has 1 N–H and O–H groups in total. The fourth-order valence-corrected chi connectivity index (χ4v) is 5.63. The summed E-state index contributed by atoms with van der Waals surface area (Å²) in [7, 11) is 3.27. The van der Waals surface area contributed by atoms with Crippen molar-refractivity contribution in [1.82, 2.24) is 4.90 Å². The molecular weight excluding hydrogens is 390 g/mol. The standard InChI is InChI=1S/C26H33NO4/c1-25(2)13-14-26(29,19-10-6-8-12-23(19)31-4)21-17-27(16-20(21)25)24(28)15-18-9-5-7-11-22(18)30-3/h5-12,20-21,29H,13-17H2,1-4H3. The molecule has 2 aliphatic rings. The van der Waals surface area contributed by atoms with E-state index in [-0.39, 0.29) is 23.2 Å². The molecule has 166 valence electrons. The molecule has 0 radical (unpaired) electrons. The number of likely N-dealkylation sites (tertiary alicyclic amines) is 1. The molecular formula is C26H33NO4. The molecule has 1 saturated carbocycles. The highest BCUT2D eigenvalue weighted by Gasteiger charge is 2.57. The summed E-state index contributed by atoms with van der Waals surface area (Å²) in [5.74, 6) is 1.71. The van der Waals surface area contributed by atoms with E-state index >= 15 is 0 Å². The fraction of sp³-hybridized carbons (Fsp3) is 0.500. The third-order valence-electron chi connectivity index (χ3n) is 7.55. The molecule has 1 heterocycles. The van der Waals surface area contributed by atoms with E-state index in [4.69, 9.17) is 9.47 Å². The molecule has 3 unspecified atom stereocenters. The van der Waals surface area contributed by atoms with Crippen LogP contribution in [0, 0.1) is 17.3 Å². The molecule has 31 heavy (non-hydrogen) atoms. The number of benzene rings is 2. The number of aliphatic hydroxyl groups is 1. The minimum atomic E-state index is -1.01. The first kappa shape index (κ1) is 21.7. The molecule has 5 nitrogen and oxygen atoms in total. The van der Waals surface area contributed by atoms with Gasteiger partial charge < -0.3 is 19.5 Å². The summed E-state index contributed by atoms with van der Waals surface area (Å²) in [6, 6.07) is 15.4. The number of carbonyl (C=O) groups excluding carboxylic acids is 1. The Bertz CT molecular complexity index is 956. The maximum atomic E-state index is 13.3. The molecule has 0 spiro atoms. The minimum absolute atomic E-state index is 0.0332. The number of para-hydroxylation sites is 2. The number of hydrogen-bond acceptors (Lipinski definition) is 4. The molecule has 2 aromatic carbocycles. The van der Waals surface area contributed by atoms with Crippen LogP contribution in [0.4, 0.5) is 0 Å². The normalized spacial score (nSPS) is 26.9. The molecule has 1 aliphatic carbocycles. The van der Waals surface area contributed by atoms with Gasteiger partial charge in [0.2, 0.25) is 5.91 Å². The summed E-state index contributed by atoms with van der Waals surface area (Å²) in [5, 5.41) is 12.0. The quantitative estimate of drug-likeness (QED) is 0.789. The SMILES string of the molecule is COc1ccccc1CC(=O)N1CC2C(C1)C(O)(c1ccccc1OC)CCC2(C)C. The molecule has 1 saturated heterocycles. The van der Waals surface area contributed by atoms with Gasteiger partial charge in [-0.15, -0.1) is 0 Å². The van der Waals surface area contributed by atoms with Gasteiger partial charge in [0.1, 0.15) is 11.5 Å². The number of fused-ring (bicyclic) bond motifs is 1. The van der Waals surface area contributed by atoms with Crippen LogP contribution in [0.3, 0.4) is 0 Å². The van der Waals surface area contributed by atoms with Crippen molar-refractivity contribution in [1.29, 1.82) is 0 Å². The molecule has 3 atom stereocenters. The van der Waals surface area contributed by atoms with Gasteiger partial charge in [0.15, 0.2) is 0 Å². The van der Waals surface area contributed by atoms with Crippen molar-refractivity contribution in [3.05, 3.63) is 59.7 Å². The number of methoxy groups -OCH3 is 2. The van der Waals surface area contributed by atoms with E-state index in [9.17, 15) is 9.90 Å². The van der Waals surface area contributed by atoms with Gasteiger partial charge in [-0.05, 0) is 36.3 Å². The maximum absolute atomic E-state index is 13.3. The first-order valence-corrected chi connectivity index (χ1v) is 11.1. The monoisotopic (exact) mass is 423 g/mol. The third-order valence-corrected chi connectivity index (χ3v) is 7.55. The first-order valence-electron chi connectivity index (χ1n) is 11.1. The van der Waals surface area contributed by atoms with Crippen molar-refractivity contribution < 1.29 is 19.4 Å². The molecule has 5 heteroatoms. The summed E-state index contributed by atoms with van der Waals surface area (Å²) in [4.78, 5) is 15.2. The lowest BCUT2D eigenvalue weighted by molar-refractivity contribution is -0.130. The lowest BCUT2D eigenvalue weighted by Gasteiger charge is -2.49. The zero-order valence-corrected chi connectivity index (χ0v) is 18.9. The average molecular weight is 424 g/mol. The van der Waals surface area contributed by atoms with Crippen molar-refractivity contribution in [3.63, 3.8) is 0 Å². The molecule has 1 aliphatic heterocycles. The van der Waals surface area contributed by atoms with Gasteiger partial charge in [0.25, 0.3) is 0 Å². The highest BCUT2D eigenvalue weighted by molar-refractivity contribution is 5.80. The van der Waals surface area contributed by atoms with E-state index in [1.165, 1.54) is 0 Å². The van der Waals surface area contributed by atoms with Gasteiger partial charge in [0, 0.05) is 30.1 Å². The number of hydrogen-bond donors (Lipinski definition) is 1. The smallest absolute Gasteiger partial charge is 0.227 e. The second kappa shape index (κ2) is 8.19. The topological polar surface area (TPSA) is 59.0 Å².